The maximum absolute atomic E-state index is 6.14. The first-order valence-corrected chi connectivity index (χ1v) is 7.18. The molecular weight excluding hydrogens is 284 g/mol. The summed E-state index contributed by atoms with van der Waals surface area (Å²) in [5.41, 5.74) is 6.94. The Morgan fingerprint density at radius 3 is 2.57 bits per heavy atom. The number of nitrogens with one attached hydrogen (secondary N) is 1. The van der Waals surface area contributed by atoms with Crippen LogP contribution in [-0.2, 0) is 0 Å². The van der Waals surface area contributed by atoms with Crippen molar-refractivity contribution in [3.63, 3.8) is 0 Å². The zero-order chi connectivity index (χ0) is 15.0. The molecule has 3 nitrogen and oxygen atoms in total. The highest BCUT2D eigenvalue weighted by atomic mass is 35.5. The van der Waals surface area contributed by atoms with Crippen LogP contribution >= 0.6 is 11.6 Å². The van der Waals surface area contributed by atoms with Gasteiger partial charge in [0.1, 0.15) is 17.4 Å². The van der Waals surface area contributed by atoms with E-state index in [0.29, 0.717) is 5.02 Å². The average Bonchev–Trinajstić information content (AvgIpc) is 2.81. The Morgan fingerprint density at radius 2 is 1.86 bits per heavy atom. The number of hydrogen-bond acceptors (Lipinski definition) is 3. The summed E-state index contributed by atoms with van der Waals surface area (Å²) in [7, 11) is 0. The fourth-order valence-electron chi connectivity index (χ4n) is 2.60. The third-order valence-corrected chi connectivity index (χ3v) is 3.76. The maximum Gasteiger partial charge on any atom is 0.134 e. The quantitative estimate of drug-likeness (QED) is 0.561. The van der Waals surface area contributed by atoms with Crippen LogP contribution in [0.1, 0.15) is 28.5 Å². The molecule has 1 atom stereocenters. The van der Waals surface area contributed by atoms with E-state index < -0.39 is 0 Å². The van der Waals surface area contributed by atoms with Gasteiger partial charge in [-0.25, -0.2) is 5.43 Å². The lowest BCUT2D eigenvalue weighted by Gasteiger charge is -2.14. The average molecular weight is 301 g/mol. The van der Waals surface area contributed by atoms with E-state index in [9.17, 15) is 0 Å². The summed E-state index contributed by atoms with van der Waals surface area (Å²) < 4.78 is 5.92. The molecule has 0 fully saturated rings. The number of rotatable bonds is 3. The first kappa shape index (κ1) is 14.1. The van der Waals surface area contributed by atoms with Crippen LogP contribution in [0.4, 0.5) is 0 Å². The van der Waals surface area contributed by atoms with E-state index in [2.05, 4.69) is 24.5 Å². The van der Waals surface area contributed by atoms with Crippen LogP contribution < -0.4 is 11.3 Å². The molecule has 21 heavy (non-hydrogen) atoms. The topological polar surface area (TPSA) is 51.2 Å². The summed E-state index contributed by atoms with van der Waals surface area (Å²) in [6.45, 7) is 4.07. The second-order valence-electron chi connectivity index (χ2n) is 5.35. The van der Waals surface area contributed by atoms with Gasteiger partial charge in [0.15, 0.2) is 0 Å². The van der Waals surface area contributed by atoms with Crippen molar-refractivity contribution in [3.05, 3.63) is 69.9 Å². The second-order valence-corrected chi connectivity index (χ2v) is 5.79. The lowest BCUT2D eigenvalue weighted by atomic mass is 10.0. The van der Waals surface area contributed by atoms with Crippen molar-refractivity contribution in [2.45, 2.75) is 19.9 Å². The van der Waals surface area contributed by atoms with E-state index >= 15 is 0 Å². The number of nitrogens with two attached hydrogens (primary N) is 1. The molecule has 0 spiro atoms. The molecule has 1 heterocycles. The van der Waals surface area contributed by atoms with Gasteiger partial charge in [-0.1, -0.05) is 29.3 Å². The first-order valence-electron chi connectivity index (χ1n) is 6.80. The highest BCUT2D eigenvalue weighted by molar-refractivity contribution is 6.30. The van der Waals surface area contributed by atoms with E-state index in [0.717, 1.165) is 27.9 Å². The summed E-state index contributed by atoms with van der Waals surface area (Å²) in [6.07, 6.45) is 0. The third kappa shape index (κ3) is 2.81. The monoisotopic (exact) mass is 300 g/mol. The lowest BCUT2D eigenvalue weighted by molar-refractivity contribution is 0.477. The minimum absolute atomic E-state index is 0.227. The zero-order valence-electron chi connectivity index (χ0n) is 12.0. The van der Waals surface area contributed by atoms with Crippen LogP contribution in [0, 0.1) is 13.8 Å². The van der Waals surface area contributed by atoms with E-state index in [1.54, 1.807) is 0 Å². The molecule has 3 aromatic rings. The van der Waals surface area contributed by atoms with E-state index in [1.807, 2.05) is 37.3 Å². The molecule has 0 aliphatic heterocycles. The fraction of sp³-hybridized carbons (Fsp3) is 0.176. The van der Waals surface area contributed by atoms with Crippen molar-refractivity contribution in [3.8, 4) is 0 Å². The van der Waals surface area contributed by atoms with Crippen LogP contribution in [0.5, 0.6) is 0 Å². The molecule has 108 valence electrons. The molecule has 3 rings (SSSR count). The molecule has 4 heteroatoms. The molecule has 0 radical (unpaired) electrons. The summed E-state index contributed by atoms with van der Waals surface area (Å²) >= 11 is 6.14. The van der Waals surface area contributed by atoms with E-state index in [4.69, 9.17) is 21.9 Å². The molecule has 0 bridgehead atoms. The van der Waals surface area contributed by atoms with Gasteiger partial charge in [-0.3, -0.25) is 5.84 Å². The van der Waals surface area contributed by atoms with Gasteiger partial charge in [0.2, 0.25) is 0 Å². The Labute approximate surface area is 128 Å². The minimum atomic E-state index is -0.227. The Hall–Kier alpha value is -1.81. The number of halogens is 1. The highest BCUT2D eigenvalue weighted by Gasteiger charge is 2.18. The van der Waals surface area contributed by atoms with Crippen LogP contribution in [0.2, 0.25) is 5.02 Å². The predicted octanol–water partition coefficient (Wildman–Crippen LogP) is 4.26. The van der Waals surface area contributed by atoms with E-state index in [1.165, 1.54) is 5.56 Å². The van der Waals surface area contributed by atoms with Crippen molar-refractivity contribution in [2.24, 2.45) is 5.84 Å². The minimum Gasteiger partial charge on any atom is -0.459 e. The molecular formula is C17H17ClN2O. The van der Waals surface area contributed by atoms with Crippen molar-refractivity contribution < 1.29 is 4.42 Å². The molecule has 0 saturated heterocycles. The highest BCUT2D eigenvalue weighted by Crippen LogP contribution is 2.30. The van der Waals surface area contributed by atoms with Gasteiger partial charge in [-0.15, -0.1) is 0 Å². The number of benzene rings is 2. The first-order chi connectivity index (χ1) is 10.1. The van der Waals surface area contributed by atoms with Crippen molar-refractivity contribution in [1.82, 2.24) is 5.43 Å². The van der Waals surface area contributed by atoms with Crippen molar-refractivity contribution >= 4 is 22.6 Å². The van der Waals surface area contributed by atoms with Crippen molar-refractivity contribution in [1.29, 1.82) is 0 Å². The predicted molar refractivity (Wildman–Crippen MR) is 86.3 cm³/mol. The molecule has 0 aliphatic carbocycles. The van der Waals surface area contributed by atoms with Gasteiger partial charge in [0.25, 0.3) is 0 Å². The number of aryl methyl sites for hydroxylation is 2. The molecule has 2 aromatic carbocycles. The Morgan fingerprint density at radius 1 is 1.05 bits per heavy atom. The van der Waals surface area contributed by atoms with Gasteiger partial charge >= 0.3 is 0 Å². The molecule has 1 aromatic heterocycles. The second kappa shape index (κ2) is 5.53. The third-order valence-electron chi connectivity index (χ3n) is 3.54. The molecule has 0 saturated carbocycles. The fourth-order valence-corrected chi connectivity index (χ4v) is 2.90. The van der Waals surface area contributed by atoms with Gasteiger partial charge in [0, 0.05) is 10.4 Å². The van der Waals surface area contributed by atoms with Gasteiger partial charge in [0.05, 0.1) is 0 Å². The summed E-state index contributed by atoms with van der Waals surface area (Å²) in [5.74, 6) is 6.51. The smallest absolute Gasteiger partial charge is 0.134 e. The summed E-state index contributed by atoms with van der Waals surface area (Å²) in [4.78, 5) is 0. The Kier molecular flexibility index (Phi) is 3.72. The van der Waals surface area contributed by atoms with Crippen molar-refractivity contribution in [2.75, 3.05) is 0 Å². The number of furan rings is 1. The van der Waals surface area contributed by atoms with Gasteiger partial charge < -0.3 is 4.42 Å². The van der Waals surface area contributed by atoms with Crippen LogP contribution in [0.15, 0.2) is 46.9 Å². The maximum atomic E-state index is 6.14. The number of fused-ring (bicyclic) bond motifs is 1. The molecule has 0 amide bonds. The zero-order valence-corrected chi connectivity index (χ0v) is 12.7. The lowest BCUT2D eigenvalue weighted by Crippen LogP contribution is -2.28. The largest absolute Gasteiger partial charge is 0.459 e. The number of hydrazine groups is 1. The Bertz CT molecular complexity index is 774. The standard InChI is InChI=1S/C17H17ClN2O/c1-10-3-4-15-12(5-10)9-16(21-15)17(20-19)13-6-11(2)7-14(18)8-13/h3-9,17,20H,19H2,1-2H3. The molecule has 0 aliphatic rings. The summed E-state index contributed by atoms with van der Waals surface area (Å²) in [5, 5.41) is 1.77. The Balaban J connectivity index is 2.08. The molecule has 1 unspecified atom stereocenters. The number of hydrogen-bond donors (Lipinski definition) is 2. The van der Waals surface area contributed by atoms with Crippen LogP contribution in [-0.4, -0.2) is 0 Å². The van der Waals surface area contributed by atoms with Gasteiger partial charge in [-0.2, -0.15) is 0 Å². The van der Waals surface area contributed by atoms with Crippen LogP contribution in [0.25, 0.3) is 11.0 Å². The van der Waals surface area contributed by atoms with Gasteiger partial charge in [-0.05, 0) is 55.3 Å². The summed E-state index contributed by atoms with van der Waals surface area (Å²) in [6, 6.07) is 13.8. The van der Waals surface area contributed by atoms with E-state index in [-0.39, 0.29) is 6.04 Å². The molecule has 3 N–H and O–H groups in total. The SMILES string of the molecule is Cc1cc(Cl)cc(C(NN)c2cc3cc(C)ccc3o2)c1. The normalized spacial score (nSPS) is 12.8. The van der Waals surface area contributed by atoms with Crippen LogP contribution in [0.3, 0.4) is 0 Å².